The number of hydrogen-bond donors (Lipinski definition) is 1. The van der Waals surface area contributed by atoms with Gasteiger partial charge in [-0.2, -0.15) is 8.42 Å². The molecule has 2 aliphatic rings. The highest BCUT2D eigenvalue weighted by atomic mass is 32.2. The van der Waals surface area contributed by atoms with Gasteiger partial charge in [0.15, 0.2) is 11.6 Å². The Labute approximate surface area is 160 Å². The second-order valence-corrected chi connectivity index (χ2v) is 8.21. The van der Waals surface area contributed by atoms with Crippen molar-refractivity contribution in [1.29, 1.82) is 0 Å². The topological polar surface area (TPSA) is 61.9 Å². The van der Waals surface area contributed by atoms with E-state index in [2.05, 4.69) is 5.32 Å². The Bertz CT molecular complexity index is 977. The zero-order chi connectivity index (χ0) is 19.9. The fourth-order valence-corrected chi connectivity index (χ4v) is 5.20. The quantitative estimate of drug-likeness (QED) is 0.837. The summed E-state index contributed by atoms with van der Waals surface area (Å²) in [5.41, 5.74) is -1.19. The molecule has 0 unspecified atom stereocenters. The lowest BCUT2D eigenvalue weighted by atomic mass is 10.2. The Balaban J connectivity index is 1.77. The molecular weight excluding hydrogens is 395 g/mol. The van der Waals surface area contributed by atoms with Gasteiger partial charge in [0.25, 0.3) is 0 Å². The lowest BCUT2D eigenvalue weighted by Gasteiger charge is -2.27. The second kappa shape index (κ2) is 7.26. The molecule has 1 fully saturated rings. The normalized spacial score (nSPS) is 21.0. The minimum absolute atomic E-state index is 0.0162. The van der Waals surface area contributed by atoms with Crippen molar-refractivity contribution in [3.8, 4) is 0 Å². The molecule has 1 N–H and O–H groups in total. The van der Waals surface area contributed by atoms with Gasteiger partial charge in [0.2, 0.25) is 0 Å². The first-order valence-electron chi connectivity index (χ1n) is 8.79. The fraction of sp³-hybridized carbons (Fsp3) is 0.333. The molecule has 2 aromatic carbocycles. The van der Waals surface area contributed by atoms with Gasteiger partial charge in [0.05, 0.1) is 18.4 Å². The Kier molecular flexibility index (Phi) is 4.94. The van der Waals surface area contributed by atoms with Crippen molar-refractivity contribution in [3.63, 3.8) is 0 Å². The molecule has 2 heterocycles. The first-order valence-corrected chi connectivity index (χ1v) is 10.2. The monoisotopic (exact) mass is 413 g/mol. The highest BCUT2D eigenvalue weighted by Crippen LogP contribution is 2.48. The van der Waals surface area contributed by atoms with Crippen LogP contribution < -0.4 is 13.9 Å². The summed E-state index contributed by atoms with van der Waals surface area (Å²) < 4.78 is 76.6. The van der Waals surface area contributed by atoms with Gasteiger partial charge in [-0.3, -0.25) is 4.31 Å². The summed E-state index contributed by atoms with van der Waals surface area (Å²) >= 11 is 0. The van der Waals surface area contributed by atoms with Crippen LogP contribution in [0.5, 0.6) is 0 Å². The van der Waals surface area contributed by atoms with Crippen LogP contribution in [0.3, 0.4) is 0 Å². The number of hydrogen-bond acceptors (Lipinski definition) is 4. The summed E-state index contributed by atoms with van der Waals surface area (Å²) in [7, 11) is -4.44. The lowest BCUT2D eigenvalue weighted by molar-refractivity contribution is 0.0254. The van der Waals surface area contributed by atoms with Crippen molar-refractivity contribution in [2.75, 3.05) is 34.9 Å². The van der Waals surface area contributed by atoms with Crippen molar-refractivity contribution in [2.45, 2.75) is 12.5 Å². The van der Waals surface area contributed by atoms with Crippen LogP contribution in [0, 0.1) is 17.5 Å². The Morgan fingerprint density at radius 1 is 1.04 bits per heavy atom. The van der Waals surface area contributed by atoms with E-state index in [1.807, 2.05) is 0 Å². The summed E-state index contributed by atoms with van der Waals surface area (Å²) in [5, 5.41) is 3.15. The molecule has 0 amide bonds. The van der Waals surface area contributed by atoms with E-state index in [0.717, 1.165) is 28.6 Å². The maximum Gasteiger partial charge on any atom is 0.331 e. The molecule has 0 bridgehead atoms. The third kappa shape index (κ3) is 3.11. The number of para-hydroxylation sites is 2. The van der Waals surface area contributed by atoms with E-state index < -0.39 is 39.0 Å². The molecule has 0 aliphatic carbocycles. The van der Waals surface area contributed by atoms with E-state index in [1.54, 1.807) is 0 Å². The minimum Gasteiger partial charge on any atom is -0.376 e. The van der Waals surface area contributed by atoms with Gasteiger partial charge in [-0.05, 0) is 30.7 Å². The number of nitrogens with zero attached hydrogens (tertiary/aromatic N) is 2. The van der Waals surface area contributed by atoms with Crippen molar-refractivity contribution in [1.82, 2.24) is 5.32 Å². The molecule has 4 rings (SSSR count). The van der Waals surface area contributed by atoms with E-state index in [4.69, 9.17) is 4.74 Å². The predicted octanol–water partition coefficient (Wildman–Crippen LogP) is 2.69. The van der Waals surface area contributed by atoms with Crippen LogP contribution in [0.1, 0.15) is 6.42 Å². The highest BCUT2D eigenvalue weighted by Gasteiger charge is 2.45. The van der Waals surface area contributed by atoms with Gasteiger partial charge in [0, 0.05) is 19.6 Å². The van der Waals surface area contributed by atoms with E-state index >= 15 is 0 Å². The molecule has 0 spiro atoms. The molecule has 150 valence electrons. The maximum absolute atomic E-state index is 14.6. The van der Waals surface area contributed by atoms with Gasteiger partial charge in [-0.1, -0.05) is 12.1 Å². The van der Waals surface area contributed by atoms with E-state index in [1.165, 1.54) is 12.1 Å². The van der Waals surface area contributed by atoms with Crippen LogP contribution >= 0.6 is 0 Å². The highest BCUT2D eigenvalue weighted by molar-refractivity contribution is 7.95. The van der Waals surface area contributed by atoms with Crippen molar-refractivity contribution in [3.05, 3.63) is 53.8 Å². The van der Waals surface area contributed by atoms with Crippen LogP contribution in [0.4, 0.5) is 30.2 Å². The number of ether oxygens (including phenoxy) is 1. The minimum atomic E-state index is -4.44. The molecule has 2 aliphatic heterocycles. The predicted molar refractivity (Wildman–Crippen MR) is 98.4 cm³/mol. The van der Waals surface area contributed by atoms with Crippen LogP contribution in [-0.4, -0.2) is 40.8 Å². The van der Waals surface area contributed by atoms with Gasteiger partial charge in [-0.15, -0.1) is 0 Å². The molecule has 28 heavy (non-hydrogen) atoms. The SMILES string of the molecule is O=S1(=O)N(CC[C@H]2CNCCO2)c2cccc(F)c2N1c1c(F)cccc1F. The number of halogens is 3. The number of nitrogens with one attached hydrogen (secondary N) is 1. The van der Waals surface area contributed by atoms with Crippen LogP contribution in [0.2, 0.25) is 0 Å². The summed E-state index contributed by atoms with van der Waals surface area (Å²) in [6, 6.07) is 6.80. The van der Waals surface area contributed by atoms with Crippen LogP contribution in [0.25, 0.3) is 0 Å². The van der Waals surface area contributed by atoms with E-state index in [9.17, 15) is 21.6 Å². The van der Waals surface area contributed by atoms with Crippen LogP contribution in [0.15, 0.2) is 36.4 Å². The first kappa shape index (κ1) is 19.0. The molecule has 6 nitrogen and oxygen atoms in total. The number of benzene rings is 2. The largest absolute Gasteiger partial charge is 0.376 e. The second-order valence-electron chi connectivity index (χ2n) is 6.51. The fourth-order valence-electron chi connectivity index (χ4n) is 3.46. The molecule has 1 atom stereocenters. The first-order chi connectivity index (χ1) is 13.4. The average Bonchev–Trinajstić information content (AvgIpc) is 2.89. The summed E-state index contributed by atoms with van der Waals surface area (Å²) in [5.74, 6) is -3.08. The number of fused-ring (bicyclic) bond motifs is 1. The standard InChI is InChI=1S/C18H18F3N3O3S/c19-13-3-1-4-14(20)17(13)24-18-15(21)5-2-6-16(18)23(28(24,25)26)9-7-12-11-22-8-10-27-12/h1-6,12,22H,7-11H2/t12-/m0/s1. The van der Waals surface area contributed by atoms with E-state index in [0.29, 0.717) is 30.4 Å². The summed E-state index contributed by atoms with van der Waals surface area (Å²) in [6.07, 6.45) is 0.135. The van der Waals surface area contributed by atoms with Crippen molar-refractivity contribution >= 4 is 27.3 Å². The Morgan fingerprint density at radius 2 is 1.68 bits per heavy atom. The molecule has 1 saturated heterocycles. The molecule has 0 aromatic heterocycles. The molecule has 10 heteroatoms. The Hall–Kier alpha value is -2.30. The zero-order valence-corrected chi connectivity index (χ0v) is 15.6. The smallest absolute Gasteiger partial charge is 0.331 e. The van der Waals surface area contributed by atoms with Gasteiger partial charge < -0.3 is 10.1 Å². The van der Waals surface area contributed by atoms with Crippen molar-refractivity contribution in [2.24, 2.45) is 0 Å². The lowest BCUT2D eigenvalue weighted by Crippen LogP contribution is -2.42. The van der Waals surface area contributed by atoms with Crippen molar-refractivity contribution < 1.29 is 26.3 Å². The number of anilines is 3. The maximum atomic E-state index is 14.6. The van der Waals surface area contributed by atoms with E-state index in [-0.39, 0.29) is 18.3 Å². The van der Waals surface area contributed by atoms with Crippen LogP contribution in [-0.2, 0) is 14.9 Å². The van der Waals surface area contributed by atoms with Gasteiger partial charge in [-0.25, -0.2) is 17.5 Å². The molecule has 0 saturated carbocycles. The number of rotatable bonds is 4. The molecule has 0 radical (unpaired) electrons. The third-order valence-corrected chi connectivity index (χ3v) is 6.51. The molecule has 2 aromatic rings. The third-order valence-electron chi connectivity index (χ3n) is 4.75. The molecular formula is C18H18F3N3O3S. The van der Waals surface area contributed by atoms with Gasteiger partial charge in [0.1, 0.15) is 17.2 Å². The summed E-state index contributed by atoms with van der Waals surface area (Å²) in [4.78, 5) is 0. The average molecular weight is 413 g/mol. The summed E-state index contributed by atoms with van der Waals surface area (Å²) in [6.45, 7) is 1.77. The number of morpholine rings is 1. The zero-order valence-electron chi connectivity index (χ0n) is 14.7. The Morgan fingerprint density at radius 3 is 2.32 bits per heavy atom. The van der Waals surface area contributed by atoms with Gasteiger partial charge >= 0.3 is 10.2 Å².